The number of allylic oxidation sites excluding steroid dienone is 1. The molecular formula is C61H50Br2N10O8. The standard InChI is InChI=1S/C25H22N4O3.C19H15BrN4O2.C17H13BrN2O3/c1-15-24(16(2)32-28-15)20-12-17-11-19(21-8-6-10-27-21)25(30)29(22(17)13-23(20)31-3)14-18-7-4-5-9-26-18;1-26-17-10-16-12(9-15(17)20)8-14(18-22-6-7-23-18)19(25)24(16)11-13-4-2-3-5-21-13;1-23-16-8-15-11(7-14(16)18)6-12(10-21)17(22)20(15)9-13-4-2-3-5-19-13/h4-7,9-13H,8,14H2,1-3H3;2-10H,11H2,1H3,(H,22,23);2-8,10H,9H2,1H3. The van der Waals surface area contributed by atoms with Gasteiger partial charge in [0.05, 0.1) is 117 Å². The average molecular weight is 1210 g/mol. The van der Waals surface area contributed by atoms with Gasteiger partial charge in [-0.25, -0.2) is 4.98 Å². The molecule has 0 unspecified atom stereocenters. The molecule has 1 aliphatic rings. The Morgan fingerprint density at radius 3 is 1.54 bits per heavy atom. The molecule has 18 nitrogen and oxygen atoms in total. The number of rotatable bonds is 13. The van der Waals surface area contributed by atoms with Crippen molar-refractivity contribution in [2.24, 2.45) is 4.99 Å². The summed E-state index contributed by atoms with van der Waals surface area (Å²) in [7, 11) is 4.79. The Bertz CT molecular complexity index is 4370. The second kappa shape index (κ2) is 24.3. The molecule has 12 rings (SSSR count). The lowest BCUT2D eigenvalue weighted by atomic mass is 9.98. The number of aromatic amines is 1. The average Bonchev–Trinajstić information content (AvgIpc) is 4.45. The number of pyridine rings is 6. The van der Waals surface area contributed by atoms with Crippen molar-refractivity contribution in [3.63, 3.8) is 0 Å². The van der Waals surface area contributed by atoms with E-state index in [4.69, 9.17) is 18.7 Å². The molecule has 3 aromatic carbocycles. The van der Waals surface area contributed by atoms with Crippen LogP contribution < -0.4 is 30.9 Å². The highest BCUT2D eigenvalue weighted by molar-refractivity contribution is 9.11. The molecule has 0 saturated heterocycles. The van der Waals surface area contributed by atoms with Crippen molar-refractivity contribution in [2.45, 2.75) is 39.9 Å². The smallest absolute Gasteiger partial charge is 0.262 e. The monoisotopic (exact) mass is 1210 g/mol. The van der Waals surface area contributed by atoms with E-state index in [1.165, 1.54) is 4.57 Å². The van der Waals surface area contributed by atoms with Gasteiger partial charge in [0.15, 0.2) is 6.29 Å². The number of hydrogen-bond acceptors (Lipinski definition) is 14. The predicted molar refractivity (Wildman–Crippen MR) is 318 cm³/mol. The maximum absolute atomic E-state index is 13.6. The van der Waals surface area contributed by atoms with Crippen molar-refractivity contribution in [1.29, 1.82) is 0 Å². The van der Waals surface area contributed by atoms with Gasteiger partial charge in [-0.15, -0.1) is 0 Å². The second-order valence-electron chi connectivity index (χ2n) is 18.5. The molecule has 0 saturated carbocycles. The first-order valence-electron chi connectivity index (χ1n) is 25.3. The SMILES string of the molecule is COc1cc2c(cc1-c1c(C)noc1C)cc(C1=NC=CC1)c(=O)n2Cc1ccccn1.COc1cc2c(cc1Br)cc(-c1ncc[nH]1)c(=O)n2Cc1ccccn1.COc1cc2c(cc1Br)cc(C=O)c(=O)n2Cc1ccccn1. The second-order valence-corrected chi connectivity index (χ2v) is 20.2. The maximum atomic E-state index is 13.6. The number of hydrogen-bond donors (Lipinski definition) is 1. The van der Waals surface area contributed by atoms with E-state index in [1.807, 2.05) is 117 Å². The van der Waals surface area contributed by atoms with E-state index in [-0.39, 0.29) is 28.8 Å². The van der Waals surface area contributed by atoms with Crippen LogP contribution >= 0.6 is 31.9 Å². The third-order valence-corrected chi connectivity index (χ3v) is 14.7. The lowest BCUT2D eigenvalue weighted by molar-refractivity contribution is 0.112. The number of benzene rings is 3. The van der Waals surface area contributed by atoms with Gasteiger partial charge < -0.3 is 37.4 Å². The van der Waals surface area contributed by atoms with Crippen LogP contribution in [0, 0.1) is 13.8 Å². The van der Waals surface area contributed by atoms with E-state index in [0.717, 1.165) is 75.8 Å². The Balaban J connectivity index is 0.000000139. The van der Waals surface area contributed by atoms with Crippen molar-refractivity contribution in [3.05, 3.63) is 232 Å². The Morgan fingerprint density at radius 1 is 0.593 bits per heavy atom. The molecule has 1 N–H and O–H groups in total. The number of fused-ring (bicyclic) bond motifs is 3. The molecule has 8 aromatic heterocycles. The zero-order valence-electron chi connectivity index (χ0n) is 44.4. The summed E-state index contributed by atoms with van der Waals surface area (Å²) < 4.78 is 28.4. The summed E-state index contributed by atoms with van der Waals surface area (Å²) in [4.78, 5) is 75.2. The molecule has 0 fully saturated rings. The van der Waals surface area contributed by atoms with E-state index in [1.54, 1.807) is 79.8 Å². The van der Waals surface area contributed by atoms with Gasteiger partial charge in [0.25, 0.3) is 16.7 Å². The number of carbonyl (C=O) groups is 1. The molecule has 0 amide bonds. The number of aromatic nitrogens is 9. The fourth-order valence-electron chi connectivity index (χ4n) is 9.58. The summed E-state index contributed by atoms with van der Waals surface area (Å²) >= 11 is 6.93. The molecule has 0 atom stereocenters. The summed E-state index contributed by atoms with van der Waals surface area (Å²) in [5.74, 6) is 3.18. The van der Waals surface area contributed by atoms with Gasteiger partial charge in [-0.1, -0.05) is 29.4 Å². The largest absolute Gasteiger partial charge is 0.496 e. The number of nitrogens with one attached hydrogen (secondary N) is 1. The van der Waals surface area contributed by atoms with Crippen LogP contribution in [0.3, 0.4) is 0 Å². The Hall–Kier alpha value is -9.40. The summed E-state index contributed by atoms with van der Waals surface area (Å²) in [5, 5.41) is 6.67. The van der Waals surface area contributed by atoms with Gasteiger partial charge in [0.2, 0.25) is 0 Å². The summed E-state index contributed by atoms with van der Waals surface area (Å²) in [6.07, 6.45) is 13.4. The number of imidazole rings is 1. The highest BCUT2D eigenvalue weighted by atomic mass is 79.9. The third-order valence-electron chi connectivity index (χ3n) is 13.5. The molecule has 406 valence electrons. The van der Waals surface area contributed by atoms with E-state index < -0.39 is 0 Å². The third kappa shape index (κ3) is 11.6. The van der Waals surface area contributed by atoms with Crippen LogP contribution in [0.1, 0.15) is 50.9 Å². The van der Waals surface area contributed by atoms with Crippen LogP contribution in [-0.2, 0) is 19.6 Å². The molecule has 1 aliphatic heterocycles. The molecule has 0 bridgehead atoms. The maximum Gasteiger partial charge on any atom is 0.262 e. The van der Waals surface area contributed by atoms with Gasteiger partial charge in [-0.05, 0) is 119 Å². The quantitative estimate of drug-likeness (QED) is 0.106. The van der Waals surface area contributed by atoms with Crippen molar-refractivity contribution in [3.8, 4) is 39.8 Å². The molecule has 0 spiro atoms. The Labute approximate surface area is 479 Å². The molecule has 0 aliphatic carbocycles. The lowest BCUT2D eigenvalue weighted by Gasteiger charge is -2.16. The minimum Gasteiger partial charge on any atom is -0.496 e. The van der Waals surface area contributed by atoms with Gasteiger partial charge in [-0.3, -0.25) is 39.1 Å². The van der Waals surface area contributed by atoms with Crippen LogP contribution in [0.2, 0.25) is 0 Å². The van der Waals surface area contributed by atoms with Crippen LogP contribution in [-0.4, -0.2) is 77.1 Å². The van der Waals surface area contributed by atoms with Gasteiger partial charge in [-0.2, -0.15) is 0 Å². The number of aryl methyl sites for hydroxylation is 2. The van der Waals surface area contributed by atoms with Gasteiger partial charge in [0, 0.05) is 83.5 Å². The van der Waals surface area contributed by atoms with E-state index in [0.29, 0.717) is 71.3 Å². The van der Waals surface area contributed by atoms with Crippen molar-refractivity contribution in [2.75, 3.05) is 21.3 Å². The van der Waals surface area contributed by atoms with Gasteiger partial charge in [0.1, 0.15) is 28.8 Å². The highest BCUT2D eigenvalue weighted by Gasteiger charge is 2.22. The molecule has 11 aromatic rings. The van der Waals surface area contributed by atoms with E-state index in [9.17, 15) is 19.2 Å². The number of carbonyl (C=O) groups excluding carboxylic acids is 1. The fraction of sp³-hybridized carbons (Fsp3) is 0.148. The summed E-state index contributed by atoms with van der Waals surface area (Å²) in [6.45, 7) is 4.77. The topological polar surface area (TPSA) is 216 Å². The van der Waals surface area contributed by atoms with E-state index in [2.05, 4.69) is 66.9 Å². The Kier molecular flexibility index (Phi) is 16.5. The van der Waals surface area contributed by atoms with Gasteiger partial charge >= 0.3 is 0 Å². The first-order valence-corrected chi connectivity index (χ1v) is 26.8. The molecule has 0 radical (unpaired) electrons. The first-order chi connectivity index (χ1) is 39.4. The molecule has 9 heterocycles. The number of H-pyrrole nitrogens is 1. The number of aldehydes is 1. The predicted octanol–water partition coefficient (Wildman–Crippen LogP) is 11.1. The van der Waals surface area contributed by atoms with Crippen molar-refractivity contribution in [1.82, 2.24) is 43.8 Å². The number of methoxy groups -OCH3 is 3. The fourth-order valence-corrected chi connectivity index (χ4v) is 10.6. The highest BCUT2D eigenvalue weighted by Crippen LogP contribution is 2.38. The molecular weight excluding hydrogens is 1160 g/mol. The van der Waals surface area contributed by atoms with Crippen molar-refractivity contribution >= 4 is 76.6 Å². The van der Waals surface area contributed by atoms with Crippen molar-refractivity contribution < 1.29 is 23.5 Å². The minimum atomic E-state index is -0.345. The van der Waals surface area contributed by atoms with Crippen LogP contribution in [0.15, 0.2) is 185 Å². The van der Waals surface area contributed by atoms with Crippen LogP contribution in [0.5, 0.6) is 17.2 Å². The number of ether oxygens (including phenoxy) is 3. The first kappa shape index (κ1) is 54.9. The number of aliphatic imine (C=N–C) groups is 1. The van der Waals surface area contributed by atoms with Crippen LogP contribution in [0.25, 0.3) is 55.2 Å². The zero-order valence-corrected chi connectivity index (χ0v) is 47.6. The molecule has 20 heteroatoms. The molecule has 81 heavy (non-hydrogen) atoms. The Morgan fingerprint density at radius 2 is 1.09 bits per heavy atom. The summed E-state index contributed by atoms with van der Waals surface area (Å²) in [6, 6.07) is 33.5. The van der Waals surface area contributed by atoms with Crippen LogP contribution in [0.4, 0.5) is 0 Å². The zero-order chi connectivity index (χ0) is 56.7. The van der Waals surface area contributed by atoms with E-state index >= 15 is 0 Å². The minimum absolute atomic E-state index is 0.0993. The number of halogens is 2. The number of nitrogens with zero attached hydrogens (tertiary/aromatic N) is 9. The summed E-state index contributed by atoms with van der Waals surface area (Å²) in [5.41, 5.74) is 8.52. The normalized spacial score (nSPS) is 11.7. The lowest BCUT2D eigenvalue weighted by Crippen LogP contribution is -2.27.